The van der Waals surface area contributed by atoms with Crippen molar-refractivity contribution in [2.75, 3.05) is 25.6 Å². The second kappa shape index (κ2) is 5.01. The smallest absolute Gasteiger partial charge is 0.348 e. The van der Waals surface area contributed by atoms with Crippen LogP contribution in [0, 0.1) is 5.41 Å². The van der Waals surface area contributed by atoms with Crippen molar-refractivity contribution in [2.24, 2.45) is 5.41 Å². The minimum Gasteiger partial charge on any atom is -0.466 e. The summed E-state index contributed by atoms with van der Waals surface area (Å²) < 4.78 is 12.1. The van der Waals surface area contributed by atoms with Crippen LogP contribution in [0.4, 0.5) is 5.69 Å². The Labute approximate surface area is 175 Å². The topological polar surface area (TPSA) is 59.1 Å². The van der Waals surface area contributed by atoms with Crippen molar-refractivity contribution in [3.8, 4) is 0 Å². The van der Waals surface area contributed by atoms with Crippen LogP contribution in [-0.2, 0) is 24.5 Å². The van der Waals surface area contributed by atoms with Gasteiger partial charge in [-0.15, -0.1) is 0 Å². The SMILES string of the molecule is CC[C@@]12CCCN3C(=S)C[C@]45c6ccccc6N(C)[C@H]4[C@](C(=O)OC)(O[C@@]315)C2=O. The van der Waals surface area contributed by atoms with Crippen molar-refractivity contribution in [1.82, 2.24) is 4.90 Å². The number of anilines is 1. The van der Waals surface area contributed by atoms with Gasteiger partial charge in [0.15, 0.2) is 11.5 Å². The normalized spacial score (nSPS) is 43.5. The average molecular weight is 413 g/mol. The number of piperidine rings is 1. The molecule has 0 radical (unpaired) electrons. The fourth-order valence-electron chi connectivity index (χ4n) is 7.80. The van der Waals surface area contributed by atoms with Crippen LogP contribution in [-0.4, -0.2) is 59.7 Å². The second-order valence-corrected chi connectivity index (χ2v) is 9.54. The number of carbonyl (C=O) groups excluding carboxylic acids is 2. The molecule has 29 heavy (non-hydrogen) atoms. The molecule has 5 aliphatic rings. The average Bonchev–Trinajstić information content (AvgIpc) is 3.33. The first-order chi connectivity index (χ1) is 13.9. The van der Waals surface area contributed by atoms with E-state index in [2.05, 4.69) is 21.9 Å². The Kier molecular flexibility index (Phi) is 3.08. The maximum atomic E-state index is 14.2. The third-order valence-corrected chi connectivity index (χ3v) is 8.89. The van der Waals surface area contributed by atoms with Crippen LogP contribution in [0.5, 0.6) is 0 Å². The van der Waals surface area contributed by atoms with E-state index in [1.807, 2.05) is 26.1 Å². The van der Waals surface area contributed by atoms with Crippen LogP contribution < -0.4 is 4.90 Å². The summed E-state index contributed by atoms with van der Waals surface area (Å²) in [6.45, 7) is 2.80. The number of benzene rings is 1. The summed E-state index contributed by atoms with van der Waals surface area (Å²) in [5.41, 5.74) is -1.71. The monoisotopic (exact) mass is 412 g/mol. The van der Waals surface area contributed by atoms with Gasteiger partial charge in [0.05, 0.1) is 29.0 Å². The minimum absolute atomic E-state index is 0.117. The Balaban J connectivity index is 1.78. The van der Waals surface area contributed by atoms with Crippen LogP contribution in [0.2, 0.25) is 0 Å². The molecule has 0 amide bonds. The summed E-state index contributed by atoms with van der Waals surface area (Å²) in [4.78, 5) is 32.6. The van der Waals surface area contributed by atoms with Crippen LogP contribution in [0.15, 0.2) is 24.3 Å². The van der Waals surface area contributed by atoms with Crippen molar-refractivity contribution in [3.05, 3.63) is 29.8 Å². The molecule has 7 heteroatoms. The Hall–Kier alpha value is -1.99. The van der Waals surface area contributed by atoms with Gasteiger partial charge in [-0.25, -0.2) is 4.79 Å². The Morgan fingerprint density at radius 2 is 2.14 bits per heavy atom. The number of esters is 1. The summed E-state index contributed by atoms with van der Waals surface area (Å²) in [6, 6.07) is 7.76. The Bertz CT molecular complexity index is 1010. The van der Waals surface area contributed by atoms with Gasteiger partial charge in [-0.05, 0) is 30.9 Å². The second-order valence-electron chi connectivity index (χ2n) is 9.07. The molecule has 0 aromatic heterocycles. The lowest BCUT2D eigenvalue weighted by Gasteiger charge is -2.57. The number of methoxy groups -OCH3 is 1. The molecule has 0 unspecified atom stereocenters. The van der Waals surface area contributed by atoms with Crippen molar-refractivity contribution >= 4 is 34.6 Å². The van der Waals surface area contributed by atoms with Gasteiger partial charge < -0.3 is 19.3 Å². The first-order valence-corrected chi connectivity index (χ1v) is 10.8. The van der Waals surface area contributed by atoms with E-state index >= 15 is 0 Å². The van der Waals surface area contributed by atoms with Gasteiger partial charge in [-0.1, -0.05) is 37.3 Å². The predicted molar refractivity (Wildman–Crippen MR) is 110 cm³/mol. The maximum absolute atomic E-state index is 14.2. The maximum Gasteiger partial charge on any atom is 0.348 e. The summed E-state index contributed by atoms with van der Waals surface area (Å²) in [7, 11) is 3.30. The molecule has 1 aromatic carbocycles. The molecule has 0 aliphatic carbocycles. The third kappa shape index (κ3) is 1.39. The van der Waals surface area contributed by atoms with E-state index in [0.29, 0.717) is 19.3 Å². The molecule has 1 aromatic rings. The zero-order chi connectivity index (χ0) is 20.4. The van der Waals surface area contributed by atoms with Gasteiger partial charge in [-0.2, -0.15) is 0 Å². The van der Waals surface area contributed by atoms with Gasteiger partial charge in [0, 0.05) is 25.7 Å². The number of carbonyl (C=O) groups is 2. The molecule has 5 atom stereocenters. The molecule has 2 bridgehead atoms. The number of rotatable bonds is 2. The first-order valence-electron chi connectivity index (χ1n) is 10.4. The number of likely N-dealkylation sites (N-methyl/N-ethyl adjacent to an activating group) is 1. The largest absolute Gasteiger partial charge is 0.466 e. The fourth-order valence-corrected chi connectivity index (χ4v) is 8.25. The third-order valence-electron chi connectivity index (χ3n) is 8.53. The molecule has 5 heterocycles. The highest BCUT2D eigenvalue weighted by Crippen LogP contribution is 2.78. The highest BCUT2D eigenvalue weighted by atomic mass is 32.1. The van der Waals surface area contributed by atoms with Crippen molar-refractivity contribution in [3.63, 3.8) is 0 Å². The summed E-state index contributed by atoms with van der Waals surface area (Å²) >= 11 is 5.89. The molecule has 5 aliphatic heterocycles. The minimum atomic E-state index is -1.63. The lowest BCUT2D eigenvalue weighted by Crippen LogP contribution is -2.74. The molecular weight excluding hydrogens is 388 g/mol. The van der Waals surface area contributed by atoms with Crippen molar-refractivity contribution < 1.29 is 19.1 Å². The van der Waals surface area contributed by atoms with Gasteiger partial charge in [0.2, 0.25) is 5.60 Å². The predicted octanol–water partition coefficient (Wildman–Crippen LogP) is 2.19. The van der Waals surface area contributed by atoms with E-state index in [4.69, 9.17) is 21.7 Å². The summed E-state index contributed by atoms with van der Waals surface area (Å²) in [5.74, 6) is -0.697. The number of hydrogen-bond acceptors (Lipinski definition) is 6. The lowest BCUT2D eigenvalue weighted by atomic mass is 9.48. The molecule has 4 fully saturated rings. The van der Waals surface area contributed by atoms with Gasteiger partial charge in [0.1, 0.15) is 0 Å². The highest BCUT2D eigenvalue weighted by Gasteiger charge is 2.95. The number of nitrogens with zero attached hydrogens (tertiary/aromatic N) is 2. The van der Waals surface area contributed by atoms with E-state index in [1.165, 1.54) is 7.11 Å². The molecule has 6 nitrogen and oxygen atoms in total. The molecule has 6 rings (SSSR count). The lowest BCUT2D eigenvalue weighted by molar-refractivity contribution is -0.197. The highest BCUT2D eigenvalue weighted by molar-refractivity contribution is 7.80. The van der Waals surface area contributed by atoms with E-state index in [9.17, 15) is 9.59 Å². The molecule has 2 spiro atoms. The van der Waals surface area contributed by atoms with Gasteiger partial charge in [0.25, 0.3) is 0 Å². The van der Waals surface area contributed by atoms with Crippen LogP contribution in [0.1, 0.15) is 38.2 Å². The van der Waals surface area contributed by atoms with E-state index in [-0.39, 0.29) is 5.78 Å². The molecule has 0 N–H and O–H groups in total. The van der Waals surface area contributed by atoms with Crippen LogP contribution in [0.25, 0.3) is 0 Å². The van der Waals surface area contributed by atoms with Crippen molar-refractivity contribution in [1.29, 1.82) is 0 Å². The molecule has 4 saturated heterocycles. The summed E-state index contributed by atoms with van der Waals surface area (Å²) in [5, 5.41) is 0. The molecule has 0 saturated carbocycles. The Morgan fingerprint density at radius 1 is 1.38 bits per heavy atom. The van der Waals surface area contributed by atoms with Crippen molar-refractivity contribution in [2.45, 2.75) is 55.4 Å². The zero-order valence-corrected chi connectivity index (χ0v) is 17.7. The van der Waals surface area contributed by atoms with Gasteiger partial charge >= 0.3 is 5.97 Å². The zero-order valence-electron chi connectivity index (χ0n) is 16.9. The number of hydrogen-bond donors (Lipinski definition) is 0. The number of ether oxygens (including phenoxy) is 2. The molecule has 152 valence electrons. The number of Topliss-reactive ketones (excluding diaryl/α,β-unsaturated/α-hetero) is 1. The number of ketones is 1. The standard InChI is InChI=1S/C22H24N2O4S/c1-4-19-10-7-11-24-15(29)12-20-13-8-5-6-9-14(13)23(2)16(20)21(17(19)25,18(26)27-3)28-22(19,20)24/h5-6,8-9,16H,4,7,10-12H2,1-3H3/t16-,19+,20+,21+,22+/m1/s1. The first kappa shape index (κ1) is 17.8. The van der Waals surface area contributed by atoms with Crippen LogP contribution in [0.3, 0.4) is 0 Å². The quantitative estimate of drug-likeness (QED) is 0.419. The Morgan fingerprint density at radius 3 is 2.86 bits per heavy atom. The van der Waals surface area contributed by atoms with E-state index in [1.54, 1.807) is 0 Å². The summed E-state index contributed by atoms with van der Waals surface area (Å²) in [6.07, 6.45) is 2.80. The number of fused-ring (bicyclic) bond motifs is 3. The molecular formula is C22H24N2O4S. The van der Waals surface area contributed by atoms with E-state index < -0.39 is 34.2 Å². The fraction of sp³-hybridized carbons (Fsp3) is 0.591. The number of thiocarbonyl (C=S) groups is 1. The van der Waals surface area contributed by atoms with Crippen LogP contribution >= 0.6 is 12.2 Å². The number of para-hydroxylation sites is 1. The van der Waals surface area contributed by atoms with E-state index in [0.717, 1.165) is 29.2 Å². The van der Waals surface area contributed by atoms with Gasteiger partial charge in [-0.3, -0.25) is 4.79 Å².